The summed E-state index contributed by atoms with van der Waals surface area (Å²) in [5.74, 6) is -0.0233. The van der Waals surface area contributed by atoms with E-state index in [1.54, 1.807) is 0 Å². The Kier molecular flexibility index (Phi) is 6.35. The number of hydrogen-bond acceptors (Lipinski definition) is 2. The van der Waals surface area contributed by atoms with Crippen LogP contribution in [0.3, 0.4) is 0 Å². The number of ketones is 1. The molecule has 0 spiro atoms. The number of Topliss-reactive ketones (excluding diaryl/α,β-unsaturated/α-hetero) is 1. The molecule has 1 saturated heterocycles. The van der Waals surface area contributed by atoms with E-state index in [1.165, 1.54) is 27.8 Å². The van der Waals surface area contributed by atoms with Gasteiger partial charge in [-0.3, -0.25) is 9.69 Å². The summed E-state index contributed by atoms with van der Waals surface area (Å²) >= 11 is 0. The van der Waals surface area contributed by atoms with Crippen molar-refractivity contribution in [3.63, 3.8) is 0 Å². The second-order valence-corrected chi connectivity index (χ2v) is 9.88. The Morgan fingerprint density at radius 2 is 1.58 bits per heavy atom. The van der Waals surface area contributed by atoms with Crippen molar-refractivity contribution in [3.05, 3.63) is 69.3 Å². The van der Waals surface area contributed by atoms with Crippen LogP contribution in [-0.2, 0) is 25.8 Å². The molecule has 0 aromatic heterocycles. The molecule has 0 radical (unpaired) electrons. The highest BCUT2D eigenvalue weighted by Crippen LogP contribution is 2.39. The Labute approximate surface area is 186 Å². The van der Waals surface area contributed by atoms with Gasteiger partial charge in [-0.25, -0.2) is 4.39 Å². The fraction of sp³-hybridized carbons (Fsp3) is 0.536. The minimum Gasteiger partial charge on any atom is -0.299 e. The molecule has 3 heteroatoms. The van der Waals surface area contributed by atoms with Gasteiger partial charge < -0.3 is 0 Å². The first-order valence-corrected chi connectivity index (χ1v) is 12.0. The van der Waals surface area contributed by atoms with E-state index >= 15 is 4.39 Å². The first-order valence-electron chi connectivity index (χ1n) is 12.0. The minimum atomic E-state index is -1.22. The molecule has 31 heavy (non-hydrogen) atoms. The molecule has 0 amide bonds. The van der Waals surface area contributed by atoms with Crippen molar-refractivity contribution < 1.29 is 9.18 Å². The third-order valence-corrected chi connectivity index (χ3v) is 7.34. The zero-order valence-electron chi connectivity index (χ0n) is 19.6. The monoisotopic (exact) mass is 421 g/mol. The van der Waals surface area contributed by atoms with Gasteiger partial charge in [0.2, 0.25) is 0 Å². The quantitative estimate of drug-likeness (QED) is 0.555. The number of hydrogen-bond donors (Lipinski definition) is 0. The fourth-order valence-electron chi connectivity index (χ4n) is 5.72. The lowest BCUT2D eigenvalue weighted by Crippen LogP contribution is -2.42. The highest BCUT2D eigenvalue weighted by molar-refractivity contribution is 6.02. The number of piperidine rings is 1. The average Bonchev–Trinajstić information content (AvgIpc) is 3.02. The van der Waals surface area contributed by atoms with Crippen molar-refractivity contribution in [2.24, 2.45) is 5.92 Å². The molecule has 2 aromatic carbocycles. The van der Waals surface area contributed by atoms with Gasteiger partial charge >= 0.3 is 0 Å². The van der Waals surface area contributed by atoms with Crippen LogP contribution < -0.4 is 0 Å². The molecule has 1 unspecified atom stereocenters. The van der Waals surface area contributed by atoms with Crippen LogP contribution in [-0.4, -0.2) is 29.4 Å². The Morgan fingerprint density at radius 3 is 2.19 bits per heavy atom. The second-order valence-electron chi connectivity index (χ2n) is 9.88. The van der Waals surface area contributed by atoms with Crippen LogP contribution in [0.4, 0.5) is 4.39 Å². The molecule has 0 N–H and O–H groups in total. The molecule has 2 aliphatic rings. The zero-order chi connectivity index (χ0) is 22.2. The smallest absolute Gasteiger partial charge is 0.166 e. The Balaban J connectivity index is 1.38. The predicted octanol–water partition coefficient (Wildman–Crippen LogP) is 6.18. The van der Waals surface area contributed by atoms with E-state index in [9.17, 15) is 4.79 Å². The summed E-state index contributed by atoms with van der Waals surface area (Å²) in [5, 5.41) is 0. The number of halogens is 1. The summed E-state index contributed by atoms with van der Waals surface area (Å²) in [4.78, 5) is 15.4. The number of carbonyl (C=O) groups is 1. The maximum atomic E-state index is 15.8. The van der Waals surface area contributed by atoms with E-state index in [2.05, 4.69) is 62.9 Å². The highest BCUT2D eigenvalue weighted by Gasteiger charge is 2.41. The molecule has 1 atom stereocenters. The lowest BCUT2D eigenvalue weighted by molar-refractivity contribution is 0.0336. The number of rotatable bonds is 6. The van der Waals surface area contributed by atoms with E-state index in [-0.39, 0.29) is 11.7 Å². The van der Waals surface area contributed by atoms with E-state index in [0.717, 1.165) is 43.6 Å². The SMILES string of the molecule is CCc1cc2c(cc1CC)C(=O)C(CC1(F)CCN(Cc3cc(C)cc(C)c3)CC1)C2. The number of fused-ring (bicyclic) bond motifs is 1. The molecule has 4 rings (SSSR count). The maximum Gasteiger partial charge on any atom is 0.166 e. The number of likely N-dealkylation sites (tertiary alicyclic amines) is 1. The van der Waals surface area contributed by atoms with Gasteiger partial charge in [0.15, 0.2) is 5.78 Å². The Bertz CT molecular complexity index is 951. The number of carbonyl (C=O) groups excluding carboxylic acids is 1. The van der Waals surface area contributed by atoms with Gasteiger partial charge in [-0.15, -0.1) is 0 Å². The third kappa shape index (κ3) is 4.77. The normalized spacial score (nSPS) is 20.8. The van der Waals surface area contributed by atoms with E-state index in [1.807, 2.05) is 0 Å². The lowest BCUT2D eigenvalue weighted by Gasteiger charge is -2.37. The molecule has 0 bridgehead atoms. The summed E-state index contributed by atoms with van der Waals surface area (Å²) in [7, 11) is 0. The van der Waals surface area contributed by atoms with Crippen molar-refractivity contribution in [1.29, 1.82) is 0 Å². The topological polar surface area (TPSA) is 20.3 Å². The molecule has 166 valence electrons. The van der Waals surface area contributed by atoms with Crippen molar-refractivity contribution >= 4 is 5.78 Å². The Hall–Kier alpha value is -2.00. The van der Waals surface area contributed by atoms with E-state index < -0.39 is 5.67 Å². The van der Waals surface area contributed by atoms with Crippen molar-refractivity contribution in [3.8, 4) is 0 Å². The van der Waals surface area contributed by atoms with Gasteiger partial charge in [-0.1, -0.05) is 49.2 Å². The molecular formula is C28H36FNO. The summed E-state index contributed by atoms with van der Waals surface area (Å²) in [6, 6.07) is 11.0. The largest absolute Gasteiger partial charge is 0.299 e. The number of aryl methyl sites for hydroxylation is 4. The van der Waals surface area contributed by atoms with Crippen molar-refractivity contribution in [2.75, 3.05) is 13.1 Å². The summed E-state index contributed by atoms with van der Waals surface area (Å²) in [6.07, 6.45) is 4.07. The standard InChI is InChI=1S/C28H36FNO/c1-5-22-14-24-15-25(27(31)26(24)16-23(22)6-2)17-28(29)7-9-30(10-8-28)18-21-12-19(3)11-20(4)13-21/h11-14,16,25H,5-10,15,17-18H2,1-4H3. The van der Waals surface area contributed by atoms with E-state index in [4.69, 9.17) is 0 Å². The third-order valence-electron chi connectivity index (χ3n) is 7.34. The van der Waals surface area contributed by atoms with Gasteiger partial charge in [0.05, 0.1) is 0 Å². The van der Waals surface area contributed by atoms with Crippen molar-refractivity contribution in [1.82, 2.24) is 4.90 Å². The fourth-order valence-corrected chi connectivity index (χ4v) is 5.72. The Morgan fingerprint density at radius 1 is 0.968 bits per heavy atom. The first kappa shape index (κ1) is 22.2. The average molecular weight is 422 g/mol. The molecule has 1 fully saturated rings. The van der Waals surface area contributed by atoms with Gasteiger partial charge in [0.25, 0.3) is 0 Å². The lowest BCUT2D eigenvalue weighted by atomic mass is 9.82. The van der Waals surface area contributed by atoms with Crippen LogP contribution >= 0.6 is 0 Å². The molecular weight excluding hydrogens is 385 g/mol. The van der Waals surface area contributed by atoms with Gasteiger partial charge in [-0.05, 0) is 80.7 Å². The van der Waals surface area contributed by atoms with Crippen LogP contribution in [0.5, 0.6) is 0 Å². The number of nitrogens with zero attached hydrogens (tertiary/aromatic N) is 1. The summed E-state index contributed by atoms with van der Waals surface area (Å²) in [6.45, 7) is 11.0. The van der Waals surface area contributed by atoms with Crippen LogP contribution in [0.2, 0.25) is 0 Å². The number of benzene rings is 2. The molecule has 2 aromatic rings. The maximum absolute atomic E-state index is 15.8. The van der Waals surface area contributed by atoms with Crippen LogP contribution in [0, 0.1) is 19.8 Å². The minimum absolute atomic E-state index is 0.169. The molecule has 2 nitrogen and oxygen atoms in total. The number of alkyl halides is 1. The highest BCUT2D eigenvalue weighted by atomic mass is 19.1. The first-order chi connectivity index (χ1) is 14.8. The zero-order valence-corrected chi connectivity index (χ0v) is 19.6. The van der Waals surface area contributed by atoms with Crippen LogP contribution in [0.15, 0.2) is 30.3 Å². The van der Waals surface area contributed by atoms with Gasteiger partial charge in [0, 0.05) is 31.1 Å². The van der Waals surface area contributed by atoms with Gasteiger partial charge in [0.1, 0.15) is 5.67 Å². The molecule has 1 aliphatic carbocycles. The van der Waals surface area contributed by atoms with E-state index in [0.29, 0.717) is 25.7 Å². The predicted molar refractivity (Wildman–Crippen MR) is 126 cm³/mol. The van der Waals surface area contributed by atoms with Gasteiger partial charge in [-0.2, -0.15) is 0 Å². The molecule has 1 aliphatic heterocycles. The molecule has 1 heterocycles. The summed E-state index contributed by atoms with van der Waals surface area (Å²) in [5.41, 5.74) is 7.25. The van der Waals surface area contributed by atoms with Crippen LogP contribution in [0.1, 0.15) is 76.8 Å². The van der Waals surface area contributed by atoms with Crippen molar-refractivity contribution in [2.45, 2.75) is 78.4 Å². The summed E-state index contributed by atoms with van der Waals surface area (Å²) < 4.78 is 15.8. The second kappa shape index (κ2) is 8.86. The molecule has 0 saturated carbocycles. The van der Waals surface area contributed by atoms with Crippen LogP contribution in [0.25, 0.3) is 0 Å².